The molecule has 1 rings (SSSR count). The minimum atomic E-state index is 0.269. The monoisotopic (exact) mass is 277 g/mol. The fourth-order valence-electron chi connectivity index (χ4n) is 2.36. The Kier molecular flexibility index (Phi) is 7.68. The molecule has 2 nitrogen and oxygen atoms in total. The highest BCUT2D eigenvalue weighted by Crippen LogP contribution is 2.28. The minimum absolute atomic E-state index is 0.269. The minimum Gasteiger partial charge on any atom is -0.489 e. The van der Waals surface area contributed by atoms with Gasteiger partial charge in [0, 0.05) is 6.54 Å². The van der Waals surface area contributed by atoms with Crippen molar-refractivity contribution in [3.63, 3.8) is 0 Å². The maximum Gasteiger partial charge on any atom is 0.123 e. The van der Waals surface area contributed by atoms with Gasteiger partial charge in [-0.3, -0.25) is 0 Å². The summed E-state index contributed by atoms with van der Waals surface area (Å²) in [5, 5.41) is 3.48. The lowest BCUT2D eigenvalue weighted by Crippen LogP contribution is -2.32. The molecule has 0 aliphatic carbocycles. The summed E-state index contributed by atoms with van der Waals surface area (Å²) in [6.07, 6.45) is 3.69. The van der Waals surface area contributed by atoms with Gasteiger partial charge in [-0.15, -0.1) is 0 Å². The van der Waals surface area contributed by atoms with Crippen LogP contribution in [0.25, 0.3) is 0 Å². The molecule has 1 N–H and O–H groups in total. The maximum absolute atomic E-state index is 6.31. The topological polar surface area (TPSA) is 21.3 Å². The van der Waals surface area contributed by atoms with Crippen LogP contribution in [0.1, 0.15) is 64.0 Å². The molecule has 0 radical (unpaired) electrons. The molecule has 0 aliphatic heterocycles. The van der Waals surface area contributed by atoms with Crippen LogP contribution in [0.5, 0.6) is 5.75 Å². The SMILES string of the molecule is CCCNCC(CCC)Oc1cc(C)ccc1C(C)C. The van der Waals surface area contributed by atoms with Gasteiger partial charge < -0.3 is 10.1 Å². The summed E-state index contributed by atoms with van der Waals surface area (Å²) in [5.41, 5.74) is 2.58. The van der Waals surface area contributed by atoms with Crippen molar-refractivity contribution in [3.8, 4) is 5.75 Å². The molecule has 0 saturated carbocycles. The molecule has 0 aromatic heterocycles. The van der Waals surface area contributed by atoms with Gasteiger partial charge in [0.25, 0.3) is 0 Å². The Morgan fingerprint density at radius 1 is 1.15 bits per heavy atom. The van der Waals surface area contributed by atoms with E-state index in [0.717, 1.165) is 31.7 Å². The lowest BCUT2D eigenvalue weighted by molar-refractivity contribution is 0.184. The number of benzene rings is 1. The van der Waals surface area contributed by atoms with E-state index in [1.807, 2.05) is 0 Å². The van der Waals surface area contributed by atoms with Crippen LogP contribution in [-0.2, 0) is 0 Å². The largest absolute Gasteiger partial charge is 0.489 e. The van der Waals surface area contributed by atoms with Gasteiger partial charge in [0.05, 0.1) is 0 Å². The highest BCUT2D eigenvalue weighted by atomic mass is 16.5. The van der Waals surface area contributed by atoms with E-state index in [9.17, 15) is 0 Å². The van der Waals surface area contributed by atoms with Crippen LogP contribution >= 0.6 is 0 Å². The third kappa shape index (κ3) is 5.54. The summed E-state index contributed by atoms with van der Waals surface area (Å²) >= 11 is 0. The standard InChI is InChI=1S/C18H31NO/c1-6-8-16(13-19-11-7-2)20-18-12-15(5)9-10-17(18)14(3)4/h9-10,12,14,16,19H,6-8,11,13H2,1-5H3. The van der Waals surface area contributed by atoms with Gasteiger partial charge in [-0.2, -0.15) is 0 Å². The first-order chi connectivity index (χ1) is 9.58. The van der Waals surface area contributed by atoms with E-state index in [4.69, 9.17) is 4.74 Å². The Morgan fingerprint density at radius 2 is 1.90 bits per heavy atom. The molecule has 1 unspecified atom stereocenters. The van der Waals surface area contributed by atoms with E-state index in [0.29, 0.717) is 5.92 Å². The molecule has 0 spiro atoms. The average Bonchev–Trinajstić information content (AvgIpc) is 2.39. The molecule has 1 aromatic rings. The third-order valence-electron chi connectivity index (χ3n) is 3.49. The lowest BCUT2D eigenvalue weighted by Gasteiger charge is -2.22. The maximum atomic E-state index is 6.31. The van der Waals surface area contributed by atoms with Gasteiger partial charge in [0.15, 0.2) is 0 Å². The summed E-state index contributed by atoms with van der Waals surface area (Å²) in [4.78, 5) is 0. The molecular formula is C18H31NO. The Morgan fingerprint density at radius 3 is 2.50 bits per heavy atom. The molecule has 0 amide bonds. The molecule has 20 heavy (non-hydrogen) atoms. The lowest BCUT2D eigenvalue weighted by atomic mass is 10.0. The normalized spacial score (nSPS) is 12.7. The van der Waals surface area contributed by atoms with Crippen LogP contribution < -0.4 is 10.1 Å². The fourth-order valence-corrected chi connectivity index (χ4v) is 2.36. The van der Waals surface area contributed by atoms with Crippen molar-refractivity contribution in [2.24, 2.45) is 0 Å². The van der Waals surface area contributed by atoms with Gasteiger partial charge >= 0.3 is 0 Å². The van der Waals surface area contributed by atoms with Crippen LogP contribution in [0.4, 0.5) is 0 Å². The van der Waals surface area contributed by atoms with Gasteiger partial charge in [0.1, 0.15) is 11.9 Å². The molecule has 0 aliphatic rings. The molecule has 2 heteroatoms. The Hall–Kier alpha value is -1.02. The number of hydrogen-bond donors (Lipinski definition) is 1. The summed E-state index contributed by atoms with van der Waals surface area (Å²) in [7, 11) is 0. The summed E-state index contributed by atoms with van der Waals surface area (Å²) < 4.78 is 6.31. The van der Waals surface area contributed by atoms with E-state index < -0.39 is 0 Å². The van der Waals surface area contributed by atoms with Crippen molar-refractivity contribution in [1.82, 2.24) is 5.32 Å². The van der Waals surface area contributed by atoms with E-state index in [1.54, 1.807) is 0 Å². The highest BCUT2D eigenvalue weighted by molar-refractivity contribution is 5.39. The highest BCUT2D eigenvalue weighted by Gasteiger charge is 2.14. The predicted molar refractivity (Wildman–Crippen MR) is 87.8 cm³/mol. The van der Waals surface area contributed by atoms with Crippen LogP contribution in [0, 0.1) is 6.92 Å². The van der Waals surface area contributed by atoms with Crippen molar-refractivity contribution >= 4 is 0 Å². The molecule has 1 aromatic carbocycles. The molecular weight excluding hydrogens is 246 g/mol. The zero-order chi connectivity index (χ0) is 15.0. The van der Waals surface area contributed by atoms with Crippen LogP contribution in [0.15, 0.2) is 18.2 Å². The van der Waals surface area contributed by atoms with Crippen LogP contribution in [0.2, 0.25) is 0 Å². The van der Waals surface area contributed by atoms with Gasteiger partial charge in [-0.25, -0.2) is 0 Å². The number of rotatable bonds is 9. The molecule has 0 bridgehead atoms. The van der Waals surface area contributed by atoms with E-state index in [2.05, 4.69) is 58.1 Å². The molecule has 0 saturated heterocycles. The first kappa shape index (κ1) is 17.0. The Balaban J connectivity index is 2.78. The van der Waals surface area contributed by atoms with E-state index in [1.165, 1.54) is 17.5 Å². The summed E-state index contributed by atoms with van der Waals surface area (Å²) in [5.74, 6) is 1.56. The smallest absolute Gasteiger partial charge is 0.123 e. The quantitative estimate of drug-likeness (QED) is 0.663. The molecule has 1 atom stereocenters. The second-order valence-electron chi connectivity index (χ2n) is 5.93. The van der Waals surface area contributed by atoms with E-state index >= 15 is 0 Å². The second kappa shape index (κ2) is 9.02. The van der Waals surface area contributed by atoms with Gasteiger partial charge in [0.2, 0.25) is 0 Å². The zero-order valence-electron chi connectivity index (χ0n) is 13.8. The molecule has 114 valence electrons. The van der Waals surface area contributed by atoms with Crippen molar-refractivity contribution < 1.29 is 4.74 Å². The van der Waals surface area contributed by atoms with Gasteiger partial charge in [-0.1, -0.05) is 46.2 Å². The van der Waals surface area contributed by atoms with Gasteiger partial charge in [-0.05, 0) is 49.4 Å². The Labute approximate surface area is 124 Å². The molecule has 0 fully saturated rings. The van der Waals surface area contributed by atoms with Crippen molar-refractivity contribution in [2.75, 3.05) is 13.1 Å². The number of ether oxygens (including phenoxy) is 1. The number of hydrogen-bond acceptors (Lipinski definition) is 2. The molecule has 0 heterocycles. The summed E-state index contributed by atoms with van der Waals surface area (Å²) in [6, 6.07) is 6.56. The zero-order valence-corrected chi connectivity index (χ0v) is 13.8. The first-order valence-corrected chi connectivity index (χ1v) is 8.06. The number of aryl methyl sites for hydroxylation is 1. The Bertz CT molecular complexity index is 387. The van der Waals surface area contributed by atoms with Crippen LogP contribution in [-0.4, -0.2) is 19.2 Å². The van der Waals surface area contributed by atoms with Crippen LogP contribution in [0.3, 0.4) is 0 Å². The van der Waals surface area contributed by atoms with Crippen molar-refractivity contribution in [1.29, 1.82) is 0 Å². The first-order valence-electron chi connectivity index (χ1n) is 8.06. The summed E-state index contributed by atoms with van der Waals surface area (Å²) in [6.45, 7) is 13.0. The van der Waals surface area contributed by atoms with Crippen molar-refractivity contribution in [3.05, 3.63) is 29.3 Å². The van der Waals surface area contributed by atoms with E-state index in [-0.39, 0.29) is 6.10 Å². The number of nitrogens with one attached hydrogen (secondary N) is 1. The second-order valence-corrected chi connectivity index (χ2v) is 5.93. The average molecular weight is 277 g/mol. The predicted octanol–water partition coefficient (Wildman–Crippen LogP) is 4.67. The van der Waals surface area contributed by atoms with Crippen molar-refractivity contribution in [2.45, 2.75) is 65.9 Å². The third-order valence-corrected chi connectivity index (χ3v) is 3.49. The fraction of sp³-hybridized carbons (Fsp3) is 0.667.